The molecule has 9 heteroatoms. The van der Waals surface area contributed by atoms with Crippen LogP contribution in [0.4, 0.5) is 21.6 Å². The zero-order valence-corrected chi connectivity index (χ0v) is 13.9. The number of anilines is 2. The van der Waals surface area contributed by atoms with Crippen LogP contribution < -0.4 is 5.32 Å². The molecule has 3 aromatic rings. The van der Waals surface area contributed by atoms with Crippen molar-refractivity contribution in [2.24, 2.45) is 0 Å². The Morgan fingerprint density at radius 2 is 1.88 bits per heavy atom. The number of aromatic nitrogens is 2. The molecule has 0 aliphatic carbocycles. The Balaban J connectivity index is 2.02. The van der Waals surface area contributed by atoms with Crippen molar-refractivity contribution in [2.45, 2.75) is 0 Å². The lowest BCUT2D eigenvalue weighted by Crippen LogP contribution is -2.01. The van der Waals surface area contributed by atoms with Gasteiger partial charge in [-0.1, -0.05) is 35.3 Å². The average Bonchev–Trinajstić information content (AvgIpc) is 2.54. The van der Waals surface area contributed by atoms with Gasteiger partial charge in [-0.3, -0.25) is 10.1 Å². The normalized spacial score (nSPS) is 10.5. The molecule has 0 radical (unpaired) electrons. The molecular weight excluding hydrogens is 370 g/mol. The second kappa shape index (κ2) is 7.00. The molecule has 25 heavy (non-hydrogen) atoms. The summed E-state index contributed by atoms with van der Waals surface area (Å²) >= 11 is 11.9. The number of nitro groups is 1. The van der Waals surface area contributed by atoms with E-state index in [2.05, 4.69) is 15.3 Å². The first-order valence-electron chi connectivity index (χ1n) is 6.94. The van der Waals surface area contributed by atoms with E-state index in [0.29, 0.717) is 10.6 Å². The van der Waals surface area contributed by atoms with Gasteiger partial charge in [0.2, 0.25) is 0 Å². The van der Waals surface area contributed by atoms with Crippen LogP contribution in [0, 0.1) is 15.9 Å². The number of rotatable bonds is 4. The molecule has 1 N–H and O–H groups in total. The lowest BCUT2D eigenvalue weighted by molar-refractivity contribution is -0.383. The van der Waals surface area contributed by atoms with Gasteiger partial charge in [-0.15, -0.1) is 0 Å². The number of benzene rings is 2. The average molecular weight is 379 g/mol. The number of hydrogen-bond acceptors (Lipinski definition) is 5. The molecule has 0 saturated heterocycles. The minimum Gasteiger partial charge on any atom is -0.334 e. The number of nitrogens with zero attached hydrogens (tertiary/aromatic N) is 3. The zero-order chi connectivity index (χ0) is 18.0. The third kappa shape index (κ3) is 4.01. The highest BCUT2D eigenvalue weighted by molar-refractivity contribution is 6.31. The third-order valence-corrected chi connectivity index (χ3v) is 3.62. The molecule has 1 aromatic heterocycles. The predicted molar refractivity (Wildman–Crippen MR) is 93.8 cm³/mol. The smallest absolute Gasteiger partial charge is 0.292 e. The van der Waals surface area contributed by atoms with E-state index in [9.17, 15) is 14.5 Å². The first-order chi connectivity index (χ1) is 11.9. The number of hydrogen-bond donors (Lipinski definition) is 1. The Labute approximate surface area is 151 Å². The van der Waals surface area contributed by atoms with Crippen LogP contribution in [0.1, 0.15) is 0 Å². The highest BCUT2D eigenvalue weighted by atomic mass is 35.5. The number of halogens is 3. The van der Waals surface area contributed by atoms with Crippen molar-refractivity contribution in [3.63, 3.8) is 0 Å². The van der Waals surface area contributed by atoms with Crippen molar-refractivity contribution in [3.8, 4) is 11.4 Å². The van der Waals surface area contributed by atoms with Gasteiger partial charge < -0.3 is 5.32 Å². The quantitative estimate of drug-likeness (QED) is 0.381. The molecule has 0 atom stereocenters. The lowest BCUT2D eigenvalue weighted by Gasteiger charge is -2.09. The maximum atomic E-state index is 13.4. The molecule has 1 heterocycles. The molecule has 0 spiro atoms. The van der Waals surface area contributed by atoms with E-state index in [1.807, 2.05) is 0 Å². The van der Waals surface area contributed by atoms with Crippen molar-refractivity contribution in [3.05, 3.63) is 74.6 Å². The second-order valence-electron chi connectivity index (χ2n) is 4.95. The van der Waals surface area contributed by atoms with Gasteiger partial charge in [0.05, 0.1) is 4.92 Å². The van der Waals surface area contributed by atoms with E-state index in [4.69, 9.17) is 23.2 Å². The largest absolute Gasteiger partial charge is 0.334 e. The summed E-state index contributed by atoms with van der Waals surface area (Å²) in [7, 11) is 0. The van der Waals surface area contributed by atoms with Gasteiger partial charge in [0.1, 0.15) is 22.5 Å². The molecule has 2 aromatic carbocycles. The Morgan fingerprint density at radius 3 is 2.60 bits per heavy atom. The Hall–Kier alpha value is -2.77. The molecule has 126 valence electrons. The van der Waals surface area contributed by atoms with Crippen LogP contribution in [0.5, 0.6) is 0 Å². The van der Waals surface area contributed by atoms with Crippen LogP contribution >= 0.6 is 23.2 Å². The molecule has 0 bridgehead atoms. The molecule has 0 unspecified atom stereocenters. The van der Waals surface area contributed by atoms with Crippen LogP contribution in [0.25, 0.3) is 11.4 Å². The van der Waals surface area contributed by atoms with Gasteiger partial charge in [-0.05, 0) is 24.3 Å². The number of nitro benzene ring substituents is 1. The lowest BCUT2D eigenvalue weighted by atomic mass is 10.2. The first kappa shape index (κ1) is 17.1. The van der Waals surface area contributed by atoms with Crippen molar-refractivity contribution in [1.82, 2.24) is 9.97 Å². The minimum absolute atomic E-state index is 0.0986. The molecule has 3 rings (SSSR count). The minimum atomic E-state index is -0.547. The van der Waals surface area contributed by atoms with Gasteiger partial charge in [0.15, 0.2) is 5.82 Å². The van der Waals surface area contributed by atoms with Crippen molar-refractivity contribution < 1.29 is 9.31 Å². The monoisotopic (exact) mass is 378 g/mol. The summed E-state index contributed by atoms with van der Waals surface area (Å²) < 4.78 is 13.4. The SMILES string of the molecule is O=[N+]([O-])c1ccc(Cl)cc1Nc1cc(Cl)nc(-c2cccc(F)c2)n1. The van der Waals surface area contributed by atoms with Gasteiger partial charge >= 0.3 is 0 Å². The van der Waals surface area contributed by atoms with Gasteiger partial charge in [-0.2, -0.15) is 0 Å². The Morgan fingerprint density at radius 1 is 1.08 bits per heavy atom. The summed E-state index contributed by atoms with van der Waals surface area (Å²) in [5, 5.41) is 14.4. The van der Waals surface area contributed by atoms with Crippen LogP contribution in [0.2, 0.25) is 10.2 Å². The van der Waals surface area contributed by atoms with Crippen LogP contribution in [0.15, 0.2) is 48.5 Å². The molecule has 0 saturated carbocycles. The van der Waals surface area contributed by atoms with Crippen LogP contribution in [-0.2, 0) is 0 Å². The van der Waals surface area contributed by atoms with E-state index in [1.165, 1.54) is 42.5 Å². The van der Waals surface area contributed by atoms with E-state index in [0.717, 1.165) is 0 Å². The Kier molecular flexibility index (Phi) is 4.78. The topological polar surface area (TPSA) is 81.0 Å². The summed E-state index contributed by atoms with van der Waals surface area (Å²) in [5.41, 5.74) is 0.398. The zero-order valence-electron chi connectivity index (χ0n) is 12.4. The maximum absolute atomic E-state index is 13.4. The summed E-state index contributed by atoms with van der Waals surface area (Å²) in [6.45, 7) is 0. The number of nitrogens with one attached hydrogen (secondary N) is 1. The van der Waals surface area contributed by atoms with Gasteiger partial charge in [0, 0.05) is 22.7 Å². The maximum Gasteiger partial charge on any atom is 0.292 e. The van der Waals surface area contributed by atoms with Gasteiger partial charge in [-0.25, -0.2) is 14.4 Å². The third-order valence-electron chi connectivity index (χ3n) is 3.20. The summed E-state index contributed by atoms with van der Waals surface area (Å²) in [6, 6.07) is 11.2. The molecule has 0 fully saturated rings. The molecular formula is C16H9Cl2FN4O2. The van der Waals surface area contributed by atoms with E-state index >= 15 is 0 Å². The fourth-order valence-electron chi connectivity index (χ4n) is 2.14. The van der Waals surface area contributed by atoms with Crippen LogP contribution in [-0.4, -0.2) is 14.9 Å². The fraction of sp³-hybridized carbons (Fsp3) is 0. The van der Waals surface area contributed by atoms with Crippen molar-refractivity contribution >= 4 is 40.4 Å². The highest BCUT2D eigenvalue weighted by Crippen LogP contribution is 2.31. The van der Waals surface area contributed by atoms with Crippen LogP contribution in [0.3, 0.4) is 0 Å². The first-order valence-corrected chi connectivity index (χ1v) is 7.69. The summed E-state index contributed by atoms with van der Waals surface area (Å²) in [5.74, 6) is -0.0510. The van der Waals surface area contributed by atoms with Crippen molar-refractivity contribution in [2.75, 3.05) is 5.32 Å². The molecule has 0 aliphatic rings. The van der Waals surface area contributed by atoms with E-state index < -0.39 is 10.7 Å². The fourth-order valence-corrected chi connectivity index (χ4v) is 2.50. The van der Waals surface area contributed by atoms with Gasteiger partial charge in [0.25, 0.3) is 5.69 Å². The van der Waals surface area contributed by atoms with E-state index in [1.54, 1.807) is 6.07 Å². The molecule has 0 amide bonds. The summed E-state index contributed by atoms with van der Waals surface area (Å²) in [6.07, 6.45) is 0. The highest BCUT2D eigenvalue weighted by Gasteiger charge is 2.15. The molecule has 0 aliphatic heterocycles. The molecule has 6 nitrogen and oxygen atoms in total. The predicted octanol–water partition coefficient (Wildman–Crippen LogP) is 5.24. The second-order valence-corrected chi connectivity index (χ2v) is 5.78. The van der Waals surface area contributed by atoms with E-state index in [-0.39, 0.29) is 28.2 Å². The van der Waals surface area contributed by atoms with Crippen molar-refractivity contribution in [1.29, 1.82) is 0 Å². The summed E-state index contributed by atoms with van der Waals surface area (Å²) in [4.78, 5) is 18.9. The standard InChI is InChI=1S/C16H9Cl2FN4O2/c17-10-4-5-13(23(24)25)12(7-10)20-15-8-14(18)21-16(22-15)9-2-1-3-11(19)6-9/h1-8H,(H,20,21,22). The Bertz CT molecular complexity index is 969.